The number of benzene rings is 2. The number of fused-ring (bicyclic) bond motifs is 1. The van der Waals surface area contributed by atoms with Crippen LogP contribution < -0.4 is 15.4 Å². The average Bonchev–Trinajstić information content (AvgIpc) is 3.74. The van der Waals surface area contributed by atoms with E-state index in [-0.39, 0.29) is 55.4 Å². The van der Waals surface area contributed by atoms with Gasteiger partial charge in [-0.3, -0.25) is 14.4 Å². The molecule has 1 aliphatic heterocycles. The summed E-state index contributed by atoms with van der Waals surface area (Å²) in [6.45, 7) is 5.25. The van der Waals surface area contributed by atoms with Gasteiger partial charge in [-0.2, -0.15) is 0 Å². The number of imidazole rings is 1. The SMILES string of the molecule is CC(C)F.CNCC(=O)NC(C(=O)N1CC(Oc2ccc(F)cc2)CC1CN(CCc1ccc(F)cc1)C(=O)c1cn2ccccc2n1)C(C)OC. The zero-order valence-corrected chi connectivity index (χ0v) is 30.1. The van der Waals surface area contributed by atoms with Gasteiger partial charge in [-0.05, 0) is 88.3 Å². The lowest BCUT2D eigenvalue weighted by atomic mass is 10.1. The zero-order valence-electron chi connectivity index (χ0n) is 30.1. The van der Waals surface area contributed by atoms with Crippen molar-refractivity contribution >= 4 is 23.4 Å². The number of ether oxygens (including phenoxy) is 2. The Morgan fingerprint density at radius 3 is 2.27 bits per heavy atom. The molecule has 3 amide bonds. The maximum Gasteiger partial charge on any atom is 0.274 e. The fourth-order valence-corrected chi connectivity index (χ4v) is 5.83. The Labute approximate surface area is 302 Å². The number of hydrogen-bond acceptors (Lipinski definition) is 7. The van der Waals surface area contributed by atoms with Crippen molar-refractivity contribution in [2.75, 3.05) is 40.3 Å². The third kappa shape index (κ3) is 11.3. The van der Waals surface area contributed by atoms with Crippen molar-refractivity contribution in [1.29, 1.82) is 0 Å². The number of pyridine rings is 1. The maximum absolute atomic E-state index is 14.2. The van der Waals surface area contributed by atoms with E-state index in [1.54, 1.807) is 58.8 Å². The number of hydrogen-bond donors (Lipinski definition) is 2. The van der Waals surface area contributed by atoms with Gasteiger partial charge >= 0.3 is 0 Å². The van der Waals surface area contributed by atoms with Crippen LogP contribution in [0.3, 0.4) is 0 Å². The van der Waals surface area contributed by atoms with Crippen molar-refractivity contribution in [3.05, 3.63) is 102 Å². The predicted molar refractivity (Wildman–Crippen MR) is 191 cm³/mol. The Hall–Kier alpha value is -4.95. The monoisotopic (exact) mass is 724 g/mol. The molecular formula is C38H47F3N6O5. The molecule has 3 heterocycles. The number of methoxy groups -OCH3 is 1. The van der Waals surface area contributed by atoms with E-state index in [1.807, 2.05) is 12.1 Å². The summed E-state index contributed by atoms with van der Waals surface area (Å²) in [7, 11) is 3.09. The first-order valence-electron chi connectivity index (χ1n) is 17.2. The van der Waals surface area contributed by atoms with E-state index in [2.05, 4.69) is 15.6 Å². The second kappa shape index (κ2) is 19.0. The van der Waals surface area contributed by atoms with Crippen LogP contribution in [0.25, 0.3) is 5.65 Å². The molecule has 1 saturated heterocycles. The van der Waals surface area contributed by atoms with Crippen LogP contribution in [0.5, 0.6) is 5.75 Å². The predicted octanol–water partition coefficient (Wildman–Crippen LogP) is 4.45. The number of nitrogens with zero attached hydrogens (tertiary/aromatic N) is 4. The van der Waals surface area contributed by atoms with Gasteiger partial charge in [-0.15, -0.1) is 0 Å². The number of amides is 3. The molecule has 0 aliphatic carbocycles. The molecule has 0 radical (unpaired) electrons. The first-order valence-corrected chi connectivity index (χ1v) is 17.2. The number of carbonyl (C=O) groups excluding carboxylic acids is 3. The van der Waals surface area contributed by atoms with Gasteiger partial charge in [0, 0.05) is 39.0 Å². The third-order valence-electron chi connectivity index (χ3n) is 8.42. The molecule has 52 heavy (non-hydrogen) atoms. The summed E-state index contributed by atoms with van der Waals surface area (Å²) in [5, 5.41) is 5.56. The highest BCUT2D eigenvalue weighted by Gasteiger charge is 2.42. The van der Waals surface area contributed by atoms with Crippen molar-refractivity contribution < 1.29 is 37.0 Å². The molecule has 1 fully saturated rings. The number of nitrogens with one attached hydrogen (secondary N) is 2. The summed E-state index contributed by atoms with van der Waals surface area (Å²) in [5.41, 5.74) is 1.68. The van der Waals surface area contributed by atoms with E-state index in [9.17, 15) is 27.6 Å². The summed E-state index contributed by atoms with van der Waals surface area (Å²) in [6, 6.07) is 15.7. The van der Waals surface area contributed by atoms with E-state index in [4.69, 9.17) is 9.47 Å². The Bertz CT molecular complexity index is 1720. The van der Waals surface area contributed by atoms with Crippen LogP contribution in [-0.2, 0) is 20.7 Å². The molecule has 0 saturated carbocycles. The van der Waals surface area contributed by atoms with Gasteiger partial charge in [-0.1, -0.05) is 18.2 Å². The van der Waals surface area contributed by atoms with E-state index < -0.39 is 36.3 Å². The number of likely N-dealkylation sites (tertiary alicyclic amines) is 1. The van der Waals surface area contributed by atoms with Crippen LogP contribution >= 0.6 is 0 Å². The zero-order chi connectivity index (χ0) is 37.8. The van der Waals surface area contributed by atoms with Gasteiger partial charge < -0.3 is 34.3 Å². The van der Waals surface area contributed by atoms with Crippen LogP contribution in [0.2, 0.25) is 0 Å². The number of alkyl halides is 1. The third-order valence-corrected chi connectivity index (χ3v) is 8.42. The van der Waals surface area contributed by atoms with Crippen molar-refractivity contribution in [1.82, 2.24) is 29.8 Å². The number of aromatic nitrogens is 2. The molecule has 5 rings (SSSR count). The molecule has 11 nitrogen and oxygen atoms in total. The van der Waals surface area contributed by atoms with Crippen LogP contribution in [0, 0.1) is 11.6 Å². The summed E-state index contributed by atoms with van der Waals surface area (Å²) < 4.78 is 51.7. The van der Waals surface area contributed by atoms with Gasteiger partial charge in [0.05, 0.1) is 31.4 Å². The highest BCUT2D eigenvalue weighted by molar-refractivity contribution is 5.93. The topological polar surface area (TPSA) is 118 Å². The van der Waals surface area contributed by atoms with E-state index >= 15 is 0 Å². The highest BCUT2D eigenvalue weighted by atomic mass is 19.1. The molecule has 2 aromatic heterocycles. The first kappa shape index (κ1) is 39.8. The molecule has 1 aliphatic rings. The molecular weight excluding hydrogens is 677 g/mol. The van der Waals surface area contributed by atoms with E-state index in [0.29, 0.717) is 24.2 Å². The Morgan fingerprint density at radius 2 is 1.65 bits per heavy atom. The van der Waals surface area contributed by atoms with Crippen LogP contribution in [0.4, 0.5) is 13.2 Å². The van der Waals surface area contributed by atoms with Gasteiger partial charge in [-0.25, -0.2) is 18.2 Å². The summed E-state index contributed by atoms with van der Waals surface area (Å²) >= 11 is 0. The second-order valence-electron chi connectivity index (χ2n) is 12.8. The molecule has 280 valence electrons. The second-order valence-corrected chi connectivity index (χ2v) is 12.8. The molecule has 2 aromatic carbocycles. The van der Waals surface area contributed by atoms with Gasteiger partial charge in [0.15, 0.2) is 0 Å². The summed E-state index contributed by atoms with van der Waals surface area (Å²) in [6.07, 6.45) is 2.43. The summed E-state index contributed by atoms with van der Waals surface area (Å²) in [4.78, 5) is 48.7. The molecule has 4 atom stereocenters. The molecule has 0 bridgehead atoms. The number of carbonyl (C=O) groups is 3. The maximum atomic E-state index is 14.2. The minimum Gasteiger partial charge on any atom is -0.489 e. The van der Waals surface area contributed by atoms with Crippen molar-refractivity contribution in [3.63, 3.8) is 0 Å². The lowest BCUT2D eigenvalue weighted by Gasteiger charge is -2.34. The smallest absolute Gasteiger partial charge is 0.274 e. The van der Waals surface area contributed by atoms with Gasteiger partial charge in [0.25, 0.3) is 5.91 Å². The minimum atomic E-state index is -1.01. The number of likely N-dealkylation sites (N-methyl/N-ethyl adjacent to an activating group) is 1. The van der Waals surface area contributed by atoms with Crippen molar-refractivity contribution in [2.24, 2.45) is 0 Å². The van der Waals surface area contributed by atoms with E-state index in [0.717, 1.165) is 5.56 Å². The molecule has 4 aromatic rings. The molecule has 2 N–H and O–H groups in total. The minimum absolute atomic E-state index is 0.00459. The van der Waals surface area contributed by atoms with Gasteiger partial charge in [0.2, 0.25) is 11.8 Å². The normalized spacial score (nSPS) is 16.6. The van der Waals surface area contributed by atoms with Gasteiger partial charge in [0.1, 0.15) is 40.9 Å². The van der Waals surface area contributed by atoms with E-state index in [1.165, 1.54) is 57.4 Å². The van der Waals surface area contributed by atoms with Crippen LogP contribution in [0.15, 0.2) is 79.1 Å². The molecule has 4 unspecified atom stereocenters. The lowest BCUT2D eigenvalue weighted by Crippen LogP contribution is -2.57. The summed E-state index contributed by atoms with van der Waals surface area (Å²) in [5.74, 6) is -1.42. The largest absolute Gasteiger partial charge is 0.489 e. The fourth-order valence-electron chi connectivity index (χ4n) is 5.83. The Morgan fingerprint density at radius 1 is 1.00 bits per heavy atom. The molecule has 0 spiro atoms. The highest BCUT2D eigenvalue weighted by Crippen LogP contribution is 2.26. The Kier molecular flexibility index (Phi) is 14.6. The Balaban J connectivity index is 0.00000144. The standard InChI is InChI=1S/C35H40F2N6O5.C3H7F/c1-23(47-3)33(40-32(44)19-38-2)35(46)43-21-29(48-28-13-11-26(37)12-14-28)18-27(43)20-42(17-15-24-7-9-25(36)10-8-24)34(45)30-22-41-16-5-4-6-31(41)39-30;1-3(2)4/h4-14,16,22-23,27,29,33,38H,15,17-21H2,1-3H3,(H,40,44);3H,1-2H3. The first-order chi connectivity index (χ1) is 24.9. The van der Waals surface area contributed by atoms with Crippen molar-refractivity contribution in [3.8, 4) is 5.75 Å². The number of rotatable bonds is 14. The van der Waals surface area contributed by atoms with Crippen LogP contribution in [0.1, 0.15) is 43.2 Å². The fraction of sp³-hybridized carbons (Fsp3) is 0.421. The lowest BCUT2D eigenvalue weighted by molar-refractivity contribution is -0.141. The molecule has 14 heteroatoms. The van der Waals surface area contributed by atoms with Crippen molar-refractivity contribution in [2.45, 2.75) is 64.1 Å². The number of halogens is 3. The average molecular weight is 725 g/mol. The van der Waals surface area contributed by atoms with Crippen LogP contribution in [-0.4, -0.2) is 108 Å². The quantitative estimate of drug-likeness (QED) is 0.198.